The number of hydrogen-bond acceptors (Lipinski definition) is 3. The summed E-state index contributed by atoms with van der Waals surface area (Å²) < 4.78 is 0. The molecule has 1 heterocycles. The first-order valence-corrected chi connectivity index (χ1v) is 7.50. The zero-order chi connectivity index (χ0) is 13.7. The standard InChI is InChI=1S/C16H20N2S/c1-12-6-4-5-7-15(12)11-19-16-10-14(8-9-18-16)13(2)17-3/h4-10,13,17H,11H2,1-3H3. The van der Waals surface area contributed by atoms with Crippen molar-refractivity contribution in [2.24, 2.45) is 0 Å². The van der Waals surface area contributed by atoms with Crippen LogP contribution in [0.2, 0.25) is 0 Å². The number of aromatic nitrogens is 1. The number of rotatable bonds is 5. The minimum atomic E-state index is 0.362. The lowest BCUT2D eigenvalue weighted by atomic mass is 10.1. The summed E-state index contributed by atoms with van der Waals surface area (Å²) in [7, 11) is 1.98. The molecule has 1 aromatic carbocycles. The molecule has 0 aliphatic carbocycles. The van der Waals surface area contributed by atoms with Crippen LogP contribution in [-0.4, -0.2) is 12.0 Å². The van der Waals surface area contributed by atoms with Gasteiger partial charge in [-0.3, -0.25) is 0 Å². The van der Waals surface area contributed by atoms with Gasteiger partial charge in [0.25, 0.3) is 0 Å². The van der Waals surface area contributed by atoms with E-state index in [4.69, 9.17) is 0 Å². The second-order valence-electron chi connectivity index (χ2n) is 4.65. The molecular weight excluding hydrogens is 252 g/mol. The van der Waals surface area contributed by atoms with Gasteiger partial charge in [-0.1, -0.05) is 24.3 Å². The first-order chi connectivity index (χ1) is 9.20. The van der Waals surface area contributed by atoms with Crippen LogP contribution in [0.25, 0.3) is 0 Å². The number of hydrogen-bond donors (Lipinski definition) is 1. The molecule has 1 aromatic heterocycles. The van der Waals surface area contributed by atoms with Crippen molar-refractivity contribution in [1.82, 2.24) is 10.3 Å². The highest BCUT2D eigenvalue weighted by Gasteiger charge is 2.05. The Morgan fingerprint density at radius 1 is 1.26 bits per heavy atom. The van der Waals surface area contributed by atoms with Crippen molar-refractivity contribution >= 4 is 11.8 Å². The highest BCUT2D eigenvalue weighted by atomic mass is 32.2. The summed E-state index contributed by atoms with van der Waals surface area (Å²) >= 11 is 1.79. The third-order valence-electron chi connectivity index (χ3n) is 3.33. The highest BCUT2D eigenvalue weighted by molar-refractivity contribution is 7.98. The monoisotopic (exact) mass is 272 g/mol. The summed E-state index contributed by atoms with van der Waals surface area (Å²) in [4.78, 5) is 4.44. The number of pyridine rings is 1. The molecule has 2 rings (SSSR count). The van der Waals surface area contributed by atoms with Gasteiger partial charge in [-0.2, -0.15) is 0 Å². The number of nitrogens with zero attached hydrogens (tertiary/aromatic N) is 1. The molecule has 0 saturated carbocycles. The van der Waals surface area contributed by atoms with Gasteiger partial charge in [-0.25, -0.2) is 4.98 Å². The van der Waals surface area contributed by atoms with E-state index in [1.807, 2.05) is 13.2 Å². The van der Waals surface area contributed by atoms with Crippen LogP contribution in [0.3, 0.4) is 0 Å². The number of nitrogens with one attached hydrogen (secondary N) is 1. The van der Waals surface area contributed by atoms with E-state index < -0.39 is 0 Å². The maximum Gasteiger partial charge on any atom is 0.0966 e. The van der Waals surface area contributed by atoms with Crippen molar-refractivity contribution in [2.75, 3.05) is 7.05 Å². The van der Waals surface area contributed by atoms with E-state index >= 15 is 0 Å². The first-order valence-electron chi connectivity index (χ1n) is 6.51. The zero-order valence-corrected chi connectivity index (χ0v) is 12.5. The summed E-state index contributed by atoms with van der Waals surface area (Å²) in [5.74, 6) is 0.969. The number of benzene rings is 1. The fourth-order valence-corrected chi connectivity index (χ4v) is 2.85. The first kappa shape index (κ1) is 14.1. The van der Waals surface area contributed by atoms with Crippen LogP contribution in [0.4, 0.5) is 0 Å². The van der Waals surface area contributed by atoms with E-state index in [9.17, 15) is 0 Å². The Bertz CT molecular complexity index is 540. The minimum Gasteiger partial charge on any atom is -0.313 e. The highest BCUT2D eigenvalue weighted by Crippen LogP contribution is 2.24. The lowest BCUT2D eigenvalue weighted by Gasteiger charge is -2.11. The van der Waals surface area contributed by atoms with Crippen LogP contribution in [0, 0.1) is 6.92 Å². The summed E-state index contributed by atoms with van der Waals surface area (Å²) in [6.07, 6.45) is 1.89. The maximum atomic E-state index is 4.44. The van der Waals surface area contributed by atoms with Crippen LogP contribution in [0.1, 0.15) is 29.7 Å². The van der Waals surface area contributed by atoms with Crippen molar-refractivity contribution in [3.05, 3.63) is 59.3 Å². The van der Waals surface area contributed by atoms with Crippen LogP contribution in [-0.2, 0) is 5.75 Å². The summed E-state index contributed by atoms with van der Waals surface area (Å²) in [6, 6.07) is 13.1. The van der Waals surface area contributed by atoms with Crippen molar-refractivity contribution < 1.29 is 0 Å². The molecule has 2 nitrogen and oxygen atoms in total. The Kier molecular flexibility index (Phi) is 5.00. The van der Waals surface area contributed by atoms with Gasteiger partial charge in [0.05, 0.1) is 5.03 Å². The van der Waals surface area contributed by atoms with Gasteiger partial charge in [0.15, 0.2) is 0 Å². The summed E-state index contributed by atoms with van der Waals surface area (Å²) in [5.41, 5.74) is 4.00. The van der Waals surface area contributed by atoms with Gasteiger partial charge < -0.3 is 5.32 Å². The molecule has 0 spiro atoms. The van der Waals surface area contributed by atoms with Crippen LogP contribution in [0.15, 0.2) is 47.6 Å². The van der Waals surface area contributed by atoms with Gasteiger partial charge in [0, 0.05) is 18.0 Å². The average Bonchev–Trinajstić information content (AvgIpc) is 2.46. The smallest absolute Gasteiger partial charge is 0.0966 e. The van der Waals surface area contributed by atoms with Gasteiger partial charge >= 0.3 is 0 Å². The molecule has 1 atom stereocenters. The van der Waals surface area contributed by atoms with Crippen molar-refractivity contribution in [3.8, 4) is 0 Å². The second-order valence-corrected chi connectivity index (χ2v) is 5.65. The molecule has 19 heavy (non-hydrogen) atoms. The Morgan fingerprint density at radius 3 is 2.79 bits per heavy atom. The molecule has 0 bridgehead atoms. The van der Waals surface area contributed by atoms with Crippen molar-refractivity contribution in [3.63, 3.8) is 0 Å². The topological polar surface area (TPSA) is 24.9 Å². The van der Waals surface area contributed by atoms with Gasteiger partial charge in [0.1, 0.15) is 0 Å². The molecule has 1 N–H and O–H groups in total. The van der Waals surface area contributed by atoms with Crippen LogP contribution in [0.5, 0.6) is 0 Å². The van der Waals surface area contributed by atoms with E-state index in [0.29, 0.717) is 6.04 Å². The maximum absolute atomic E-state index is 4.44. The molecule has 100 valence electrons. The molecular formula is C16H20N2S. The molecule has 0 amide bonds. The summed E-state index contributed by atoms with van der Waals surface area (Å²) in [6.45, 7) is 4.31. The number of aryl methyl sites for hydroxylation is 1. The number of thioether (sulfide) groups is 1. The van der Waals surface area contributed by atoms with Crippen molar-refractivity contribution in [1.29, 1.82) is 0 Å². The summed E-state index contributed by atoms with van der Waals surface area (Å²) in [5, 5.41) is 4.34. The van der Waals surface area contributed by atoms with Crippen molar-refractivity contribution in [2.45, 2.75) is 30.7 Å². The Hall–Kier alpha value is -1.32. The van der Waals surface area contributed by atoms with Crippen LogP contribution >= 0.6 is 11.8 Å². The predicted molar refractivity (Wildman–Crippen MR) is 82.5 cm³/mol. The third kappa shape index (κ3) is 3.82. The molecule has 0 saturated heterocycles. The normalized spacial score (nSPS) is 12.4. The SMILES string of the molecule is CNC(C)c1ccnc(SCc2ccccc2C)c1. The Morgan fingerprint density at radius 2 is 2.05 bits per heavy atom. The zero-order valence-electron chi connectivity index (χ0n) is 11.7. The lowest BCUT2D eigenvalue weighted by Crippen LogP contribution is -2.12. The van der Waals surface area contributed by atoms with Gasteiger partial charge in [0.2, 0.25) is 0 Å². The molecule has 3 heteroatoms. The molecule has 2 aromatic rings. The fourth-order valence-electron chi connectivity index (χ4n) is 1.86. The fraction of sp³-hybridized carbons (Fsp3) is 0.312. The molecule has 0 aliphatic rings. The molecule has 0 aliphatic heterocycles. The minimum absolute atomic E-state index is 0.362. The lowest BCUT2D eigenvalue weighted by molar-refractivity contribution is 0.649. The Balaban J connectivity index is 2.06. The molecule has 0 fully saturated rings. The van der Waals surface area contributed by atoms with E-state index in [1.54, 1.807) is 11.8 Å². The third-order valence-corrected chi connectivity index (χ3v) is 4.30. The van der Waals surface area contributed by atoms with E-state index in [0.717, 1.165) is 10.8 Å². The van der Waals surface area contributed by atoms with E-state index in [1.165, 1.54) is 16.7 Å². The second kappa shape index (κ2) is 6.73. The Labute approximate surface area is 119 Å². The molecule has 1 unspecified atom stereocenters. The average molecular weight is 272 g/mol. The van der Waals surface area contributed by atoms with E-state index in [-0.39, 0.29) is 0 Å². The van der Waals surface area contributed by atoms with Gasteiger partial charge in [-0.05, 0) is 49.7 Å². The van der Waals surface area contributed by atoms with Crippen LogP contribution < -0.4 is 5.32 Å². The largest absolute Gasteiger partial charge is 0.313 e. The quantitative estimate of drug-likeness (QED) is 0.834. The van der Waals surface area contributed by atoms with Gasteiger partial charge in [-0.15, -0.1) is 11.8 Å². The predicted octanol–water partition coefficient (Wildman–Crippen LogP) is 3.96. The molecule has 0 radical (unpaired) electrons. The van der Waals surface area contributed by atoms with E-state index in [2.05, 4.69) is 60.5 Å².